The van der Waals surface area contributed by atoms with Gasteiger partial charge in [-0.2, -0.15) is 4.98 Å². The van der Waals surface area contributed by atoms with Crippen LogP contribution in [0.5, 0.6) is 0 Å². The number of carbonyl (C=O) groups is 2. The highest BCUT2D eigenvalue weighted by Crippen LogP contribution is 2.16. The molecule has 8 nitrogen and oxygen atoms in total. The quantitative estimate of drug-likeness (QED) is 0.828. The third kappa shape index (κ3) is 3.69. The highest BCUT2D eigenvalue weighted by atomic mass is 16.5. The van der Waals surface area contributed by atoms with Crippen LogP contribution in [0.15, 0.2) is 4.52 Å². The number of aromatic nitrogens is 2. The molecule has 2 N–H and O–H groups in total. The SMILES string of the molecule is Cc1nc(CCNC(=O)N2CCC[C@@H](C(=O)O)C2)no1. The van der Waals surface area contributed by atoms with E-state index in [1.807, 2.05) is 0 Å². The average Bonchev–Trinajstić information content (AvgIpc) is 2.84. The van der Waals surface area contributed by atoms with Crippen LogP contribution in [0.25, 0.3) is 0 Å². The number of urea groups is 1. The van der Waals surface area contributed by atoms with Crippen molar-refractivity contribution in [1.29, 1.82) is 0 Å². The number of amides is 2. The first-order valence-corrected chi connectivity index (χ1v) is 6.61. The molecule has 0 unspecified atom stereocenters. The number of hydrogen-bond acceptors (Lipinski definition) is 5. The molecule has 0 aliphatic carbocycles. The van der Waals surface area contributed by atoms with Crippen LogP contribution in [0.2, 0.25) is 0 Å². The highest BCUT2D eigenvalue weighted by molar-refractivity contribution is 5.76. The minimum atomic E-state index is -0.843. The second kappa shape index (κ2) is 6.36. The smallest absolute Gasteiger partial charge is 0.317 e. The van der Waals surface area contributed by atoms with Crippen LogP contribution in [0, 0.1) is 12.8 Å². The highest BCUT2D eigenvalue weighted by Gasteiger charge is 2.27. The topological polar surface area (TPSA) is 109 Å². The maximum absolute atomic E-state index is 11.9. The lowest BCUT2D eigenvalue weighted by Gasteiger charge is -2.30. The Morgan fingerprint density at radius 3 is 3.00 bits per heavy atom. The predicted molar refractivity (Wildman–Crippen MR) is 68.1 cm³/mol. The number of likely N-dealkylation sites (tertiary alicyclic amines) is 1. The van der Waals surface area contributed by atoms with Gasteiger partial charge in [-0.05, 0) is 12.8 Å². The number of aliphatic carboxylic acids is 1. The van der Waals surface area contributed by atoms with Crippen LogP contribution in [-0.4, -0.2) is 51.8 Å². The molecule has 1 aromatic heterocycles. The van der Waals surface area contributed by atoms with Crippen molar-refractivity contribution >= 4 is 12.0 Å². The summed E-state index contributed by atoms with van der Waals surface area (Å²) in [6.07, 6.45) is 1.83. The monoisotopic (exact) mass is 282 g/mol. The zero-order chi connectivity index (χ0) is 14.5. The Morgan fingerprint density at radius 2 is 2.35 bits per heavy atom. The molecule has 20 heavy (non-hydrogen) atoms. The predicted octanol–water partition coefficient (Wildman–Crippen LogP) is 0.427. The second-order valence-corrected chi connectivity index (χ2v) is 4.83. The average molecular weight is 282 g/mol. The van der Waals surface area contributed by atoms with E-state index in [4.69, 9.17) is 9.63 Å². The number of aryl methyl sites for hydroxylation is 1. The number of hydrogen-bond donors (Lipinski definition) is 2. The van der Waals surface area contributed by atoms with Gasteiger partial charge in [-0.3, -0.25) is 4.79 Å². The lowest BCUT2D eigenvalue weighted by atomic mass is 9.99. The number of piperidine rings is 1. The number of rotatable bonds is 4. The molecule has 8 heteroatoms. The van der Waals surface area contributed by atoms with E-state index >= 15 is 0 Å². The Labute approximate surface area is 116 Å². The number of carbonyl (C=O) groups excluding carboxylic acids is 1. The van der Waals surface area contributed by atoms with Gasteiger partial charge in [-0.15, -0.1) is 0 Å². The van der Waals surface area contributed by atoms with Gasteiger partial charge in [0.05, 0.1) is 5.92 Å². The van der Waals surface area contributed by atoms with Crippen LogP contribution >= 0.6 is 0 Å². The summed E-state index contributed by atoms with van der Waals surface area (Å²) in [4.78, 5) is 28.4. The van der Waals surface area contributed by atoms with Crippen molar-refractivity contribution in [2.24, 2.45) is 5.92 Å². The normalized spacial score (nSPS) is 18.9. The zero-order valence-electron chi connectivity index (χ0n) is 11.3. The van der Waals surface area contributed by atoms with Crippen LogP contribution in [0.4, 0.5) is 4.79 Å². The Morgan fingerprint density at radius 1 is 1.55 bits per heavy atom. The van der Waals surface area contributed by atoms with Crippen LogP contribution < -0.4 is 5.32 Å². The molecule has 2 heterocycles. The molecule has 0 spiro atoms. The zero-order valence-corrected chi connectivity index (χ0v) is 11.3. The van der Waals surface area contributed by atoms with Gasteiger partial charge in [-0.25, -0.2) is 4.79 Å². The van der Waals surface area contributed by atoms with Gasteiger partial charge < -0.3 is 19.8 Å². The Hall–Kier alpha value is -2.12. The fourth-order valence-electron chi connectivity index (χ4n) is 2.20. The van der Waals surface area contributed by atoms with E-state index in [0.29, 0.717) is 44.1 Å². The number of carboxylic acids is 1. The number of carboxylic acid groups (broad SMARTS) is 1. The van der Waals surface area contributed by atoms with Crippen molar-refractivity contribution in [3.8, 4) is 0 Å². The second-order valence-electron chi connectivity index (χ2n) is 4.83. The van der Waals surface area contributed by atoms with E-state index in [9.17, 15) is 9.59 Å². The molecule has 0 bridgehead atoms. The summed E-state index contributed by atoms with van der Waals surface area (Å²) in [5.41, 5.74) is 0. The van der Waals surface area contributed by atoms with E-state index < -0.39 is 11.9 Å². The van der Waals surface area contributed by atoms with E-state index in [1.165, 1.54) is 0 Å². The van der Waals surface area contributed by atoms with E-state index in [2.05, 4.69) is 15.5 Å². The molecule has 1 saturated heterocycles. The fourth-order valence-corrected chi connectivity index (χ4v) is 2.20. The molecular formula is C12H18N4O4. The summed E-state index contributed by atoms with van der Waals surface area (Å²) in [6, 6.07) is -0.240. The summed E-state index contributed by atoms with van der Waals surface area (Å²) in [5.74, 6) is -0.268. The van der Waals surface area contributed by atoms with Crippen molar-refractivity contribution in [2.45, 2.75) is 26.2 Å². The fraction of sp³-hybridized carbons (Fsp3) is 0.667. The first kappa shape index (κ1) is 14.3. The van der Waals surface area contributed by atoms with Crippen LogP contribution in [0.1, 0.15) is 24.6 Å². The molecule has 110 valence electrons. The molecule has 0 radical (unpaired) electrons. The van der Waals surface area contributed by atoms with Gasteiger partial charge in [0.15, 0.2) is 5.82 Å². The van der Waals surface area contributed by atoms with E-state index in [1.54, 1.807) is 11.8 Å². The molecule has 1 aliphatic rings. The summed E-state index contributed by atoms with van der Waals surface area (Å²) >= 11 is 0. The van der Waals surface area contributed by atoms with Crippen LogP contribution in [0.3, 0.4) is 0 Å². The molecule has 0 saturated carbocycles. The lowest BCUT2D eigenvalue weighted by Crippen LogP contribution is -2.47. The van der Waals surface area contributed by atoms with Gasteiger partial charge in [0.2, 0.25) is 5.89 Å². The van der Waals surface area contributed by atoms with Crippen molar-refractivity contribution in [1.82, 2.24) is 20.4 Å². The molecule has 1 aliphatic heterocycles. The minimum Gasteiger partial charge on any atom is -0.481 e. The summed E-state index contributed by atoms with van der Waals surface area (Å²) in [5, 5.41) is 15.5. The summed E-state index contributed by atoms with van der Waals surface area (Å²) in [6.45, 7) is 2.96. The first-order chi connectivity index (χ1) is 9.56. The first-order valence-electron chi connectivity index (χ1n) is 6.61. The van der Waals surface area contributed by atoms with Gasteiger partial charge in [0, 0.05) is 33.0 Å². The molecule has 1 atom stereocenters. The third-order valence-electron chi connectivity index (χ3n) is 3.25. The largest absolute Gasteiger partial charge is 0.481 e. The minimum absolute atomic E-state index is 0.240. The van der Waals surface area contributed by atoms with Crippen LogP contribution in [-0.2, 0) is 11.2 Å². The third-order valence-corrected chi connectivity index (χ3v) is 3.25. The van der Waals surface area contributed by atoms with Crippen molar-refractivity contribution in [3.63, 3.8) is 0 Å². The van der Waals surface area contributed by atoms with Gasteiger partial charge in [0.1, 0.15) is 0 Å². The molecule has 1 fully saturated rings. The van der Waals surface area contributed by atoms with Gasteiger partial charge in [0.25, 0.3) is 0 Å². The Bertz CT molecular complexity index is 488. The maximum Gasteiger partial charge on any atom is 0.317 e. The molecule has 0 aromatic carbocycles. The molecular weight excluding hydrogens is 264 g/mol. The lowest BCUT2D eigenvalue weighted by molar-refractivity contribution is -0.143. The van der Waals surface area contributed by atoms with Crippen molar-refractivity contribution < 1.29 is 19.2 Å². The Kier molecular flexibility index (Phi) is 4.54. The molecule has 2 amide bonds. The Balaban J connectivity index is 1.75. The molecule has 2 rings (SSSR count). The number of nitrogens with zero attached hydrogens (tertiary/aromatic N) is 3. The number of nitrogens with one attached hydrogen (secondary N) is 1. The van der Waals surface area contributed by atoms with E-state index in [-0.39, 0.29) is 12.6 Å². The molecule has 1 aromatic rings. The standard InChI is InChI=1S/C12H18N4O4/c1-8-14-10(15-20-8)4-5-13-12(19)16-6-2-3-9(7-16)11(17)18/h9H,2-7H2,1H3,(H,13,19)(H,17,18)/t9-/m1/s1. The summed E-state index contributed by atoms with van der Waals surface area (Å²) in [7, 11) is 0. The van der Waals surface area contributed by atoms with Crippen molar-refractivity contribution in [3.05, 3.63) is 11.7 Å². The maximum atomic E-state index is 11.9. The van der Waals surface area contributed by atoms with Gasteiger partial charge >= 0.3 is 12.0 Å². The van der Waals surface area contributed by atoms with Crippen molar-refractivity contribution in [2.75, 3.05) is 19.6 Å². The van der Waals surface area contributed by atoms with Gasteiger partial charge in [-0.1, -0.05) is 5.16 Å². The van der Waals surface area contributed by atoms with E-state index in [0.717, 1.165) is 0 Å². The summed E-state index contributed by atoms with van der Waals surface area (Å²) < 4.78 is 4.83.